The number of amides is 2. The average molecular weight is 469 g/mol. The summed E-state index contributed by atoms with van der Waals surface area (Å²) in [4.78, 5) is 27.0. The van der Waals surface area contributed by atoms with Gasteiger partial charge in [0.1, 0.15) is 17.3 Å². The molecule has 1 aliphatic heterocycles. The summed E-state index contributed by atoms with van der Waals surface area (Å²) in [6.07, 6.45) is 1.91. The number of anilines is 1. The molecular weight excluding hydrogens is 443 g/mol. The van der Waals surface area contributed by atoms with Crippen LogP contribution in [0.1, 0.15) is 33.7 Å². The maximum absolute atomic E-state index is 13.8. The van der Waals surface area contributed by atoms with Gasteiger partial charge < -0.3 is 14.6 Å². The molecule has 2 heterocycles. The molecule has 5 rings (SSSR count). The summed E-state index contributed by atoms with van der Waals surface area (Å²) >= 11 is 0. The van der Waals surface area contributed by atoms with E-state index in [4.69, 9.17) is 4.42 Å². The minimum atomic E-state index is -0.560. The van der Waals surface area contributed by atoms with Gasteiger partial charge in [0.2, 0.25) is 5.91 Å². The number of nitrogens with one attached hydrogen (secondary N) is 1. The topological polar surface area (TPSA) is 62.6 Å². The second-order valence-corrected chi connectivity index (χ2v) is 8.62. The first-order chi connectivity index (χ1) is 17.1. The first-order valence-corrected chi connectivity index (χ1v) is 11.7. The maximum Gasteiger partial charge on any atom is 0.258 e. The van der Waals surface area contributed by atoms with Crippen molar-refractivity contribution >= 4 is 17.5 Å². The Labute approximate surface area is 203 Å². The van der Waals surface area contributed by atoms with Gasteiger partial charge in [0.05, 0.1) is 5.56 Å². The normalized spacial score (nSPS) is 12.8. The molecule has 0 spiro atoms. The number of carbonyl (C=O) groups excluding carboxylic acids is 2. The van der Waals surface area contributed by atoms with Gasteiger partial charge in [-0.25, -0.2) is 4.39 Å². The average Bonchev–Trinajstić information content (AvgIpc) is 3.32. The van der Waals surface area contributed by atoms with Crippen molar-refractivity contribution in [1.29, 1.82) is 0 Å². The Balaban J connectivity index is 1.22. The molecule has 6 heteroatoms. The fraction of sp³-hybridized carbons (Fsp3) is 0.172. The van der Waals surface area contributed by atoms with Gasteiger partial charge in [-0.3, -0.25) is 9.59 Å². The summed E-state index contributed by atoms with van der Waals surface area (Å²) in [5, 5.41) is 2.71. The lowest BCUT2D eigenvalue weighted by atomic mass is 10.1. The lowest BCUT2D eigenvalue weighted by Crippen LogP contribution is -2.35. The highest BCUT2D eigenvalue weighted by molar-refractivity contribution is 6.04. The standard InChI is InChI=1S/C29H25FN2O3/c30-25-9-5-4-8-24(25)29(34)31-23-13-11-21(12-14-23)27-18-22-19-32(17-16-26(22)35-27)28(33)15-10-20-6-2-1-3-7-20/h1-9,11-14,18H,10,15-17,19H2,(H,31,34). The Morgan fingerprint density at radius 2 is 1.69 bits per heavy atom. The molecule has 0 saturated carbocycles. The van der Waals surface area contributed by atoms with E-state index in [0.717, 1.165) is 34.6 Å². The van der Waals surface area contributed by atoms with Crippen LogP contribution in [0.3, 0.4) is 0 Å². The summed E-state index contributed by atoms with van der Waals surface area (Å²) in [5.74, 6) is 0.721. The number of hydrogen-bond donors (Lipinski definition) is 1. The van der Waals surface area contributed by atoms with Crippen molar-refractivity contribution in [2.45, 2.75) is 25.8 Å². The molecule has 0 radical (unpaired) electrons. The summed E-state index contributed by atoms with van der Waals surface area (Å²) < 4.78 is 19.9. The maximum atomic E-state index is 13.8. The van der Waals surface area contributed by atoms with Crippen LogP contribution in [0.15, 0.2) is 89.3 Å². The molecule has 3 aromatic carbocycles. The molecule has 176 valence electrons. The number of nitrogens with zero attached hydrogens (tertiary/aromatic N) is 1. The van der Waals surface area contributed by atoms with Crippen molar-refractivity contribution in [3.05, 3.63) is 113 Å². The van der Waals surface area contributed by atoms with Gasteiger partial charge >= 0.3 is 0 Å². The van der Waals surface area contributed by atoms with Crippen molar-refractivity contribution in [1.82, 2.24) is 4.90 Å². The third-order valence-electron chi connectivity index (χ3n) is 6.24. The van der Waals surface area contributed by atoms with Crippen LogP contribution >= 0.6 is 0 Å². The number of furan rings is 1. The zero-order valence-corrected chi connectivity index (χ0v) is 19.2. The van der Waals surface area contributed by atoms with Gasteiger partial charge in [0.25, 0.3) is 5.91 Å². The molecule has 1 aliphatic rings. The van der Waals surface area contributed by atoms with E-state index >= 15 is 0 Å². The molecule has 0 atom stereocenters. The Morgan fingerprint density at radius 3 is 2.46 bits per heavy atom. The summed E-state index contributed by atoms with van der Waals surface area (Å²) in [6, 6.07) is 25.1. The summed E-state index contributed by atoms with van der Waals surface area (Å²) in [6.45, 7) is 1.19. The van der Waals surface area contributed by atoms with Crippen LogP contribution < -0.4 is 5.32 Å². The highest BCUT2D eigenvalue weighted by atomic mass is 19.1. The van der Waals surface area contributed by atoms with Gasteiger partial charge in [-0.05, 0) is 54.4 Å². The lowest BCUT2D eigenvalue weighted by Gasteiger charge is -2.26. The molecule has 0 unspecified atom stereocenters. The highest BCUT2D eigenvalue weighted by Crippen LogP contribution is 2.30. The number of fused-ring (bicyclic) bond motifs is 1. The highest BCUT2D eigenvalue weighted by Gasteiger charge is 2.24. The van der Waals surface area contributed by atoms with Gasteiger partial charge in [0.15, 0.2) is 0 Å². The number of hydrogen-bond acceptors (Lipinski definition) is 3. The number of halogens is 1. The Bertz CT molecular complexity index is 1350. The number of aryl methyl sites for hydroxylation is 1. The van der Waals surface area contributed by atoms with E-state index in [-0.39, 0.29) is 11.5 Å². The van der Waals surface area contributed by atoms with E-state index in [1.807, 2.05) is 53.4 Å². The predicted octanol–water partition coefficient (Wildman–Crippen LogP) is 5.86. The van der Waals surface area contributed by atoms with Gasteiger partial charge in [0, 0.05) is 42.7 Å². The fourth-order valence-corrected chi connectivity index (χ4v) is 4.30. The second kappa shape index (κ2) is 9.97. The first-order valence-electron chi connectivity index (χ1n) is 11.7. The molecule has 1 aromatic heterocycles. The van der Waals surface area contributed by atoms with Crippen molar-refractivity contribution in [2.75, 3.05) is 11.9 Å². The van der Waals surface area contributed by atoms with Gasteiger partial charge in [-0.2, -0.15) is 0 Å². The van der Waals surface area contributed by atoms with Gasteiger partial charge in [-0.15, -0.1) is 0 Å². The SMILES string of the molecule is O=C(Nc1ccc(-c2cc3c(o2)CCN(C(=O)CCc2ccccc2)C3)cc1)c1ccccc1F. The first kappa shape index (κ1) is 22.6. The third-order valence-corrected chi connectivity index (χ3v) is 6.24. The number of benzene rings is 3. The third kappa shape index (κ3) is 5.17. The van der Waals surface area contributed by atoms with Crippen LogP contribution in [0.4, 0.5) is 10.1 Å². The Kier molecular flexibility index (Phi) is 6.44. The molecule has 2 amide bonds. The second-order valence-electron chi connectivity index (χ2n) is 8.62. The van der Waals surface area contributed by atoms with Crippen LogP contribution in [0.5, 0.6) is 0 Å². The Hall–Kier alpha value is -4.19. The van der Waals surface area contributed by atoms with E-state index in [2.05, 4.69) is 5.32 Å². The zero-order chi connectivity index (χ0) is 24.2. The Morgan fingerprint density at radius 1 is 0.943 bits per heavy atom. The fourth-order valence-electron chi connectivity index (χ4n) is 4.30. The molecule has 35 heavy (non-hydrogen) atoms. The van der Waals surface area contributed by atoms with E-state index < -0.39 is 11.7 Å². The van der Waals surface area contributed by atoms with Crippen molar-refractivity contribution in [3.8, 4) is 11.3 Å². The zero-order valence-electron chi connectivity index (χ0n) is 19.2. The van der Waals surface area contributed by atoms with Crippen LogP contribution in [0, 0.1) is 5.82 Å². The van der Waals surface area contributed by atoms with E-state index in [1.54, 1.807) is 24.3 Å². The van der Waals surface area contributed by atoms with E-state index in [1.165, 1.54) is 12.1 Å². The molecular formula is C29H25FN2O3. The summed E-state index contributed by atoms with van der Waals surface area (Å²) in [5.41, 5.74) is 3.62. The van der Waals surface area contributed by atoms with Crippen molar-refractivity contribution < 1.29 is 18.4 Å². The molecule has 4 aromatic rings. The van der Waals surface area contributed by atoms with Gasteiger partial charge in [-0.1, -0.05) is 42.5 Å². The lowest BCUT2D eigenvalue weighted by molar-refractivity contribution is -0.132. The number of carbonyl (C=O) groups is 2. The predicted molar refractivity (Wildman–Crippen MR) is 132 cm³/mol. The molecule has 0 bridgehead atoms. The van der Waals surface area contributed by atoms with Crippen LogP contribution in [-0.2, 0) is 24.2 Å². The molecule has 1 N–H and O–H groups in total. The summed E-state index contributed by atoms with van der Waals surface area (Å²) in [7, 11) is 0. The van der Waals surface area contributed by atoms with Crippen molar-refractivity contribution in [2.24, 2.45) is 0 Å². The molecule has 0 fully saturated rings. The van der Waals surface area contributed by atoms with Crippen LogP contribution in [0.2, 0.25) is 0 Å². The van der Waals surface area contributed by atoms with Crippen molar-refractivity contribution in [3.63, 3.8) is 0 Å². The molecule has 5 nitrogen and oxygen atoms in total. The van der Waals surface area contributed by atoms with Crippen LogP contribution in [-0.4, -0.2) is 23.3 Å². The quantitative estimate of drug-likeness (QED) is 0.386. The minimum Gasteiger partial charge on any atom is -0.461 e. The minimum absolute atomic E-state index is 0.00171. The monoisotopic (exact) mass is 468 g/mol. The molecule has 0 aliphatic carbocycles. The number of rotatable bonds is 6. The van der Waals surface area contributed by atoms with E-state index in [9.17, 15) is 14.0 Å². The largest absolute Gasteiger partial charge is 0.461 e. The molecule has 0 saturated heterocycles. The van der Waals surface area contributed by atoms with E-state index in [0.29, 0.717) is 31.6 Å². The van der Waals surface area contributed by atoms with Crippen LogP contribution in [0.25, 0.3) is 11.3 Å². The smallest absolute Gasteiger partial charge is 0.258 e.